The number of aryl methyl sites for hydroxylation is 1. The van der Waals surface area contributed by atoms with E-state index in [-0.39, 0.29) is 18.1 Å². The molecular weight excluding hydrogens is 282 g/mol. The second kappa shape index (κ2) is 5.00. The van der Waals surface area contributed by atoms with Crippen LogP contribution < -0.4 is 4.90 Å². The van der Waals surface area contributed by atoms with E-state index in [0.29, 0.717) is 13.0 Å². The van der Waals surface area contributed by atoms with Gasteiger partial charge in [-0.05, 0) is 30.2 Å². The summed E-state index contributed by atoms with van der Waals surface area (Å²) in [7, 11) is 0. The number of nitrogens with zero attached hydrogens (tertiary/aromatic N) is 1. The van der Waals surface area contributed by atoms with Crippen molar-refractivity contribution < 1.29 is 9.59 Å². The SMILES string of the molecule is CCc1cc(Br)ccc1N1CCC(=O)CC1=O. The van der Waals surface area contributed by atoms with Crippen molar-refractivity contribution in [1.29, 1.82) is 0 Å². The Balaban J connectivity index is 2.33. The Bertz CT molecular complexity index is 470. The zero-order valence-corrected chi connectivity index (χ0v) is 11.3. The van der Waals surface area contributed by atoms with Crippen LogP contribution >= 0.6 is 15.9 Å². The van der Waals surface area contributed by atoms with Crippen LogP contribution in [0.1, 0.15) is 25.3 Å². The molecule has 0 N–H and O–H groups in total. The predicted molar refractivity (Wildman–Crippen MR) is 70.1 cm³/mol. The van der Waals surface area contributed by atoms with E-state index in [9.17, 15) is 9.59 Å². The molecule has 1 amide bonds. The second-order valence-electron chi connectivity index (χ2n) is 4.14. The third-order valence-corrected chi connectivity index (χ3v) is 3.47. The lowest BCUT2D eigenvalue weighted by Crippen LogP contribution is -2.39. The summed E-state index contributed by atoms with van der Waals surface area (Å²) in [5.74, 6) is -0.0420. The van der Waals surface area contributed by atoms with E-state index in [0.717, 1.165) is 22.1 Å². The number of hydrogen-bond acceptors (Lipinski definition) is 2. The van der Waals surface area contributed by atoms with Crippen LogP contribution in [0, 0.1) is 0 Å². The summed E-state index contributed by atoms with van der Waals surface area (Å²) >= 11 is 3.43. The minimum atomic E-state index is -0.0849. The summed E-state index contributed by atoms with van der Waals surface area (Å²) in [5, 5.41) is 0. The number of carbonyl (C=O) groups is 2. The van der Waals surface area contributed by atoms with Gasteiger partial charge in [0.1, 0.15) is 5.78 Å². The van der Waals surface area contributed by atoms with Crippen LogP contribution in [0.3, 0.4) is 0 Å². The first-order chi connectivity index (χ1) is 8.11. The molecule has 1 aliphatic rings. The molecule has 17 heavy (non-hydrogen) atoms. The maximum Gasteiger partial charge on any atom is 0.234 e. The van der Waals surface area contributed by atoms with Gasteiger partial charge in [0, 0.05) is 23.1 Å². The molecule has 0 spiro atoms. The average Bonchev–Trinajstić information content (AvgIpc) is 2.30. The molecule has 1 aliphatic heterocycles. The molecule has 0 unspecified atom stereocenters. The Morgan fingerprint density at radius 2 is 2.12 bits per heavy atom. The summed E-state index contributed by atoms with van der Waals surface area (Å²) in [4.78, 5) is 24.8. The normalized spacial score (nSPS) is 16.5. The first-order valence-corrected chi connectivity index (χ1v) is 6.51. The van der Waals surface area contributed by atoms with Gasteiger partial charge >= 0.3 is 0 Å². The molecule has 0 aliphatic carbocycles. The lowest BCUT2D eigenvalue weighted by molar-refractivity contribution is -0.128. The quantitative estimate of drug-likeness (QED) is 0.787. The number of Topliss-reactive ketones (excluding diaryl/α,β-unsaturated/α-hetero) is 1. The summed E-state index contributed by atoms with van der Waals surface area (Å²) in [6.07, 6.45) is 1.37. The molecule has 1 saturated heterocycles. The second-order valence-corrected chi connectivity index (χ2v) is 5.05. The summed E-state index contributed by atoms with van der Waals surface area (Å²) in [5.41, 5.74) is 2.07. The Kier molecular flexibility index (Phi) is 3.62. The smallest absolute Gasteiger partial charge is 0.234 e. The average molecular weight is 296 g/mol. The fraction of sp³-hybridized carbons (Fsp3) is 0.385. The van der Waals surface area contributed by atoms with Crippen LogP contribution in [0.2, 0.25) is 0 Å². The third-order valence-electron chi connectivity index (χ3n) is 2.98. The lowest BCUT2D eigenvalue weighted by Gasteiger charge is -2.28. The van der Waals surface area contributed by atoms with Crippen molar-refractivity contribution in [3.05, 3.63) is 28.2 Å². The van der Waals surface area contributed by atoms with E-state index < -0.39 is 0 Å². The van der Waals surface area contributed by atoms with Crippen LogP contribution in [0.15, 0.2) is 22.7 Å². The number of benzene rings is 1. The molecule has 4 heteroatoms. The number of amides is 1. The van der Waals surface area contributed by atoms with Crippen molar-refractivity contribution in [2.45, 2.75) is 26.2 Å². The Morgan fingerprint density at radius 1 is 1.35 bits per heavy atom. The standard InChI is InChI=1S/C13H14BrNO2/c1-2-9-7-10(14)3-4-12(9)15-6-5-11(16)8-13(15)17/h3-4,7H,2,5-6,8H2,1H3. The van der Waals surface area contributed by atoms with Crippen molar-refractivity contribution in [1.82, 2.24) is 0 Å². The van der Waals surface area contributed by atoms with Gasteiger partial charge < -0.3 is 4.90 Å². The number of rotatable bonds is 2. The maximum atomic E-state index is 11.9. The molecule has 0 aromatic heterocycles. The molecule has 1 fully saturated rings. The Labute approximate surface area is 109 Å². The number of ketones is 1. The minimum absolute atomic E-state index is 0.0409. The van der Waals surface area contributed by atoms with Gasteiger partial charge in [-0.3, -0.25) is 9.59 Å². The maximum absolute atomic E-state index is 11.9. The fourth-order valence-electron chi connectivity index (χ4n) is 2.07. The van der Waals surface area contributed by atoms with E-state index in [1.165, 1.54) is 0 Å². The van der Waals surface area contributed by atoms with Gasteiger partial charge in [0.15, 0.2) is 0 Å². The Morgan fingerprint density at radius 3 is 2.76 bits per heavy atom. The summed E-state index contributed by atoms with van der Waals surface area (Å²) in [6, 6.07) is 5.90. The van der Waals surface area contributed by atoms with Gasteiger partial charge in [0.25, 0.3) is 0 Å². The van der Waals surface area contributed by atoms with E-state index in [2.05, 4.69) is 22.9 Å². The molecule has 1 aromatic carbocycles. The van der Waals surface area contributed by atoms with Crippen molar-refractivity contribution in [2.24, 2.45) is 0 Å². The molecule has 3 nitrogen and oxygen atoms in total. The van der Waals surface area contributed by atoms with Crippen LogP contribution in [-0.2, 0) is 16.0 Å². The molecule has 2 rings (SSSR count). The molecule has 0 saturated carbocycles. The van der Waals surface area contributed by atoms with Gasteiger partial charge in [0.05, 0.1) is 6.42 Å². The molecule has 0 bridgehead atoms. The van der Waals surface area contributed by atoms with E-state index in [1.54, 1.807) is 4.90 Å². The third kappa shape index (κ3) is 2.57. The van der Waals surface area contributed by atoms with Crippen molar-refractivity contribution in [3.63, 3.8) is 0 Å². The molecule has 0 atom stereocenters. The topological polar surface area (TPSA) is 37.4 Å². The van der Waals surface area contributed by atoms with E-state index >= 15 is 0 Å². The van der Waals surface area contributed by atoms with Crippen molar-refractivity contribution >= 4 is 33.3 Å². The van der Waals surface area contributed by atoms with Crippen LogP contribution in [0.5, 0.6) is 0 Å². The highest BCUT2D eigenvalue weighted by molar-refractivity contribution is 9.10. The number of piperidine rings is 1. The predicted octanol–water partition coefficient (Wildman–Crippen LogP) is 2.71. The number of halogens is 1. The van der Waals surface area contributed by atoms with Gasteiger partial charge in [-0.1, -0.05) is 22.9 Å². The van der Waals surface area contributed by atoms with Gasteiger partial charge in [-0.2, -0.15) is 0 Å². The zero-order valence-electron chi connectivity index (χ0n) is 9.70. The van der Waals surface area contributed by atoms with Crippen LogP contribution in [0.4, 0.5) is 5.69 Å². The summed E-state index contributed by atoms with van der Waals surface area (Å²) in [6.45, 7) is 2.57. The highest BCUT2D eigenvalue weighted by Gasteiger charge is 2.25. The minimum Gasteiger partial charge on any atom is -0.311 e. The first-order valence-electron chi connectivity index (χ1n) is 5.72. The molecule has 0 radical (unpaired) electrons. The number of hydrogen-bond donors (Lipinski definition) is 0. The largest absolute Gasteiger partial charge is 0.311 e. The highest BCUT2D eigenvalue weighted by Crippen LogP contribution is 2.27. The van der Waals surface area contributed by atoms with Gasteiger partial charge in [0.2, 0.25) is 5.91 Å². The highest BCUT2D eigenvalue weighted by atomic mass is 79.9. The zero-order chi connectivity index (χ0) is 12.4. The van der Waals surface area contributed by atoms with Gasteiger partial charge in [-0.15, -0.1) is 0 Å². The summed E-state index contributed by atoms with van der Waals surface area (Å²) < 4.78 is 1.01. The van der Waals surface area contributed by atoms with Crippen LogP contribution in [-0.4, -0.2) is 18.2 Å². The van der Waals surface area contributed by atoms with Crippen molar-refractivity contribution in [3.8, 4) is 0 Å². The van der Waals surface area contributed by atoms with Gasteiger partial charge in [-0.25, -0.2) is 0 Å². The van der Waals surface area contributed by atoms with Crippen molar-refractivity contribution in [2.75, 3.05) is 11.4 Å². The molecule has 90 valence electrons. The molecule has 1 aromatic rings. The monoisotopic (exact) mass is 295 g/mol. The Hall–Kier alpha value is -1.16. The first kappa shape index (κ1) is 12.3. The fourth-order valence-corrected chi connectivity index (χ4v) is 2.48. The molecular formula is C13H14BrNO2. The molecule has 1 heterocycles. The van der Waals surface area contributed by atoms with E-state index in [1.807, 2.05) is 18.2 Å². The van der Waals surface area contributed by atoms with Crippen LogP contribution in [0.25, 0.3) is 0 Å². The van der Waals surface area contributed by atoms with E-state index in [4.69, 9.17) is 0 Å². The lowest BCUT2D eigenvalue weighted by atomic mass is 10.0. The number of anilines is 1. The number of carbonyl (C=O) groups excluding carboxylic acids is 2.